The van der Waals surface area contributed by atoms with Gasteiger partial charge in [-0.1, -0.05) is 41.6 Å². The fraction of sp³-hybridized carbons (Fsp3) is 0.529. The zero-order valence-corrected chi connectivity index (χ0v) is 16.4. The van der Waals surface area contributed by atoms with Gasteiger partial charge >= 0.3 is 0 Å². The van der Waals surface area contributed by atoms with E-state index in [0.717, 1.165) is 12.0 Å². The Hall–Kier alpha value is -1.09. The number of halogens is 1. The first-order valence-electron chi connectivity index (χ1n) is 8.54. The largest absolute Gasteiger partial charge is 0.368 e. The van der Waals surface area contributed by atoms with Crippen molar-refractivity contribution in [3.8, 4) is 0 Å². The van der Waals surface area contributed by atoms with Crippen LogP contribution in [0.25, 0.3) is 0 Å². The van der Waals surface area contributed by atoms with Crippen molar-refractivity contribution >= 4 is 44.3 Å². The third-order valence-electron chi connectivity index (χ3n) is 4.88. The standard InChI is InChI=1S/C17H19ClN2O4S2/c18-12-5-2-1-4-11(12)8-20-13-9-26(22,23)10-15(13)25-17(20)19-16(21)14-6-3-7-24-14/h1-2,4-5,13-15H,3,6-10H2/t13-,14+,15+/m0/s1. The smallest absolute Gasteiger partial charge is 0.277 e. The van der Waals surface area contributed by atoms with Crippen LogP contribution in [0.3, 0.4) is 0 Å². The number of nitrogens with zero attached hydrogens (tertiary/aromatic N) is 2. The Morgan fingerprint density at radius 1 is 1.35 bits per heavy atom. The molecular weight excluding hydrogens is 396 g/mol. The van der Waals surface area contributed by atoms with Crippen LogP contribution in [-0.2, 0) is 25.9 Å². The van der Waals surface area contributed by atoms with Crippen molar-refractivity contribution in [3.05, 3.63) is 34.9 Å². The van der Waals surface area contributed by atoms with Gasteiger partial charge in [-0.15, -0.1) is 0 Å². The number of benzene rings is 1. The molecule has 0 unspecified atom stereocenters. The lowest BCUT2D eigenvalue weighted by Crippen LogP contribution is -2.37. The molecule has 9 heteroatoms. The van der Waals surface area contributed by atoms with E-state index in [2.05, 4.69) is 4.99 Å². The van der Waals surface area contributed by atoms with E-state index in [4.69, 9.17) is 16.3 Å². The molecule has 0 bridgehead atoms. The van der Waals surface area contributed by atoms with Gasteiger partial charge in [-0.05, 0) is 24.5 Å². The number of thioether (sulfide) groups is 1. The lowest BCUT2D eigenvalue weighted by molar-refractivity contribution is -0.126. The van der Waals surface area contributed by atoms with Crippen molar-refractivity contribution in [2.45, 2.75) is 36.8 Å². The van der Waals surface area contributed by atoms with Gasteiger partial charge < -0.3 is 9.64 Å². The molecule has 26 heavy (non-hydrogen) atoms. The predicted molar refractivity (Wildman–Crippen MR) is 102 cm³/mol. The minimum Gasteiger partial charge on any atom is -0.368 e. The average Bonchev–Trinajstić information content (AvgIpc) is 3.27. The maximum Gasteiger partial charge on any atom is 0.277 e. The van der Waals surface area contributed by atoms with Crippen LogP contribution in [0.4, 0.5) is 0 Å². The van der Waals surface area contributed by atoms with Gasteiger partial charge in [-0.3, -0.25) is 4.79 Å². The summed E-state index contributed by atoms with van der Waals surface area (Å²) >= 11 is 7.66. The number of ether oxygens (including phenoxy) is 1. The molecule has 3 fully saturated rings. The summed E-state index contributed by atoms with van der Waals surface area (Å²) in [5.41, 5.74) is 0.886. The number of carbonyl (C=O) groups is 1. The van der Waals surface area contributed by atoms with E-state index in [0.29, 0.717) is 29.8 Å². The molecule has 140 valence electrons. The molecule has 0 spiro atoms. The Balaban J connectivity index is 1.62. The fourth-order valence-electron chi connectivity index (χ4n) is 3.57. The third kappa shape index (κ3) is 3.65. The summed E-state index contributed by atoms with van der Waals surface area (Å²) in [5.74, 6) is -0.0755. The lowest BCUT2D eigenvalue weighted by Gasteiger charge is -2.25. The number of rotatable bonds is 3. The molecule has 1 amide bonds. The van der Waals surface area contributed by atoms with Crippen LogP contribution in [0.15, 0.2) is 29.3 Å². The van der Waals surface area contributed by atoms with Gasteiger partial charge in [-0.25, -0.2) is 8.42 Å². The number of amidine groups is 1. The average molecular weight is 415 g/mol. The first-order valence-corrected chi connectivity index (χ1v) is 11.6. The van der Waals surface area contributed by atoms with Gasteiger partial charge in [-0.2, -0.15) is 4.99 Å². The molecule has 0 aromatic heterocycles. The maximum absolute atomic E-state index is 12.4. The Bertz CT molecular complexity index is 852. The van der Waals surface area contributed by atoms with Crippen molar-refractivity contribution < 1.29 is 17.9 Å². The molecule has 1 aromatic rings. The second kappa shape index (κ2) is 7.14. The minimum absolute atomic E-state index is 0.0856. The number of hydrogen-bond donors (Lipinski definition) is 0. The van der Waals surface area contributed by atoms with E-state index in [9.17, 15) is 13.2 Å². The van der Waals surface area contributed by atoms with Crippen molar-refractivity contribution in [2.75, 3.05) is 18.1 Å². The van der Waals surface area contributed by atoms with Crippen LogP contribution in [0.5, 0.6) is 0 Å². The van der Waals surface area contributed by atoms with Gasteiger partial charge in [0, 0.05) is 23.4 Å². The number of sulfone groups is 1. The lowest BCUT2D eigenvalue weighted by atomic mass is 10.1. The van der Waals surface area contributed by atoms with E-state index in [1.54, 1.807) is 6.07 Å². The van der Waals surface area contributed by atoms with Gasteiger partial charge in [0.2, 0.25) is 0 Å². The highest BCUT2D eigenvalue weighted by Crippen LogP contribution is 2.39. The molecular formula is C17H19ClN2O4S2. The van der Waals surface area contributed by atoms with Crippen molar-refractivity contribution in [1.29, 1.82) is 0 Å². The molecule has 3 saturated heterocycles. The molecule has 4 rings (SSSR count). The summed E-state index contributed by atoms with van der Waals surface area (Å²) in [6.45, 7) is 1.02. The van der Waals surface area contributed by atoms with Crippen molar-refractivity contribution in [3.63, 3.8) is 0 Å². The van der Waals surface area contributed by atoms with E-state index in [-0.39, 0.29) is 28.7 Å². The van der Waals surface area contributed by atoms with Crippen molar-refractivity contribution in [1.82, 2.24) is 4.90 Å². The molecule has 3 atom stereocenters. The summed E-state index contributed by atoms with van der Waals surface area (Å²) in [6.07, 6.45) is 1.07. The molecule has 3 aliphatic heterocycles. The van der Waals surface area contributed by atoms with Crippen LogP contribution in [0, 0.1) is 0 Å². The highest BCUT2D eigenvalue weighted by Gasteiger charge is 2.49. The van der Waals surface area contributed by atoms with E-state index < -0.39 is 15.9 Å². The molecule has 0 radical (unpaired) electrons. The summed E-state index contributed by atoms with van der Waals surface area (Å²) in [7, 11) is -3.07. The first kappa shape index (κ1) is 18.3. The Morgan fingerprint density at radius 2 is 2.15 bits per heavy atom. The fourth-order valence-corrected chi connectivity index (χ4v) is 7.72. The van der Waals surface area contributed by atoms with Crippen LogP contribution in [-0.4, -0.2) is 59.9 Å². The maximum atomic E-state index is 12.4. The number of amides is 1. The Morgan fingerprint density at radius 3 is 2.88 bits per heavy atom. The first-order chi connectivity index (χ1) is 12.4. The summed E-state index contributed by atoms with van der Waals surface area (Å²) in [6, 6.07) is 7.27. The normalized spacial score (nSPS) is 31.5. The van der Waals surface area contributed by atoms with Crippen LogP contribution >= 0.6 is 23.4 Å². The number of hydrogen-bond acceptors (Lipinski definition) is 5. The zero-order valence-electron chi connectivity index (χ0n) is 14.0. The third-order valence-corrected chi connectivity index (χ3v) is 8.50. The molecule has 0 aliphatic carbocycles. The van der Waals surface area contributed by atoms with Crippen LogP contribution < -0.4 is 0 Å². The Labute approximate surface area is 161 Å². The highest BCUT2D eigenvalue weighted by atomic mass is 35.5. The molecule has 3 heterocycles. The van der Waals surface area contributed by atoms with Gasteiger partial charge in [0.25, 0.3) is 5.91 Å². The SMILES string of the molecule is O=C(N=C1S[C@@H]2CS(=O)(=O)C[C@@H]2N1Cc1ccccc1Cl)[C@H]1CCCO1. The second-order valence-electron chi connectivity index (χ2n) is 6.75. The van der Waals surface area contributed by atoms with Crippen LogP contribution in [0.2, 0.25) is 5.02 Å². The van der Waals surface area contributed by atoms with Crippen molar-refractivity contribution in [2.24, 2.45) is 4.99 Å². The number of fused-ring (bicyclic) bond motifs is 1. The van der Waals surface area contributed by atoms with Crippen LogP contribution in [0.1, 0.15) is 18.4 Å². The summed E-state index contributed by atoms with van der Waals surface area (Å²) in [4.78, 5) is 18.6. The topological polar surface area (TPSA) is 76.0 Å². The summed E-state index contributed by atoms with van der Waals surface area (Å²) in [5, 5.41) is 1.10. The second-order valence-corrected chi connectivity index (χ2v) is 10.5. The molecule has 0 saturated carbocycles. The Kier molecular flexibility index (Phi) is 5.02. The van der Waals surface area contributed by atoms with Gasteiger partial charge in [0.1, 0.15) is 6.10 Å². The van der Waals surface area contributed by atoms with Gasteiger partial charge in [0.15, 0.2) is 15.0 Å². The van der Waals surface area contributed by atoms with E-state index >= 15 is 0 Å². The molecule has 3 aliphatic rings. The molecule has 1 aromatic carbocycles. The molecule has 0 N–H and O–H groups in total. The monoisotopic (exact) mass is 414 g/mol. The van der Waals surface area contributed by atoms with Gasteiger partial charge in [0.05, 0.1) is 17.5 Å². The minimum atomic E-state index is -3.07. The van der Waals surface area contributed by atoms with E-state index in [1.807, 2.05) is 23.1 Å². The zero-order chi connectivity index (χ0) is 18.3. The summed E-state index contributed by atoms with van der Waals surface area (Å²) < 4.78 is 29.5. The van der Waals surface area contributed by atoms with E-state index in [1.165, 1.54) is 11.8 Å². The molecule has 6 nitrogen and oxygen atoms in total. The predicted octanol–water partition coefficient (Wildman–Crippen LogP) is 2.12. The highest BCUT2D eigenvalue weighted by molar-refractivity contribution is 8.15. The quantitative estimate of drug-likeness (QED) is 0.754. The number of carbonyl (C=O) groups excluding carboxylic acids is 1. The number of aliphatic imine (C=N–C) groups is 1.